The van der Waals surface area contributed by atoms with Crippen LogP contribution in [0, 0.1) is 0 Å². The lowest BCUT2D eigenvalue weighted by atomic mass is 10.1. The Morgan fingerprint density at radius 1 is 1.16 bits per heavy atom. The van der Waals surface area contributed by atoms with Crippen LogP contribution in [0.1, 0.15) is 38.7 Å². The fourth-order valence-electron chi connectivity index (χ4n) is 4.03. The van der Waals surface area contributed by atoms with E-state index >= 15 is 0 Å². The van der Waals surface area contributed by atoms with E-state index in [-0.39, 0.29) is 12.3 Å². The van der Waals surface area contributed by atoms with Gasteiger partial charge in [-0.15, -0.1) is 0 Å². The normalized spacial score (nSPS) is 19.2. The third-order valence-corrected chi connectivity index (χ3v) is 9.04. The molecule has 10 heteroatoms. The quantitative estimate of drug-likeness (QED) is 0.330. The number of carbonyl (C=O) groups is 1. The van der Waals surface area contributed by atoms with Crippen LogP contribution in [0.15, 0.2) is 29.2 Å². The molecule has 8 nitrogen and oxygen atoms in total. The Labute approximate surface area is 193 Å². The molecule has 1 aliphatic rings. The Bertz CT molecular complexity index is 933. The minimum atomic E-state index is -3.33. The highest BCUT2D eigenvalue weighted by Gasteiger charge is 2.27. The molecule has 1 heterocycles. The molecule has 0 amide bonds. The molecule has 32 heavy (non-hydrogen) atoms. The van der Waals surface area contributed by atoms with Crippen molar-refractivity contribution in [2.75, 3.05) is 44.7 Å². The van der Waals surface area contributed by atoms with Crippen LogP contribution in [-0.2, 0) is 31.1 Å². The molecule has 0 spiro atoms. The third kappa shape index (κ3) is 8.22. The summed E-state index contributed by atoms with van der Waals surface area (Å²) in [6.45, 7) is 7.20. The number of carbonyl (C=O) groups excluding carboxylic acids is 1. The predicted molar refractivity (Wildman–Crippen MR) is 127 cm³/mol. The first-order chi connectivity index (χ1) is 15.1. The number of sulfone groups is 1. The van der Waals surface area contributed by atoms with Crippen LogP contribution < -0.4 is 5.32 Å². The van der Waals surface area contributed by atoms with Gasteiger partial charge in [-0.25, -0.2) is 16.8 Å². The van der Waals surface area contributed by atoms with E-state index in [2.05, 4.69) is 24.1 Å². The Balaban J connectivity index is 1.75. The monoisotopic (exact) mass is 487 g/mol. The van der Waals surface area contributed by atoms with Crippen molar-refractivity contribution >= 4 is 26.1 Å². The van der Waals surface area contributed by atoms with Crippen LogP contribution in [0.5, 0.6) is 0 Å². The highest BCUT2D eigenvalue weighted by molar-refractivity contribution is 7.90. The van der Waals surface area contributed by atoms with E-state index in [1.807, 2.05) is 12.1 Å². The van der Waals surface area contributed by atoms with Crippen molar-refractivity contribution in [2.45, 2.75) is 56.5 Å². The number of nitrogens with one attached hydrogen (secondary N) is 1. The second kappa shape index (κ2) is 12.2. The third-order valence-electron chi connectivity index (χ3n) is 5.99. The van der Waals surface area contributed by atoms with Crippen LogP contribution in [0.4, 0.5) is 0 Å². The molecule has 1 aromatic rings. The van der Waals surface area contributed by atoms with E-state index in [1.54, 1.807) is 12.1 Å². The first kappa shape index (κ1) is 26.9. The zero-order valence-electron chi connectivity index (χ0n) is 19.4. The van der Waals surface area contributed by atoms with Crippen molar-refractivity contribution in [2.24, 2.45) is 0 Å². The van der Waals surface area contributed by atoms with Crippen LogP contribution >= 0.6 is 0 Å². The molecule has 0 aliphatic carbocycles. The van der Waals surface area contributed by atoms with Crippen molar-refractivity contribution in [3.8, 4) is 0 Å². The highest BCUT2D eigenvalue weighted by Crippen LogP contribution is 2.15. The van der Waals surface area contributed by atoms with Crippen LogP contribution in [0.2, 0.25) is 0 Å². The highest BCUT2D eigenvalue weighted by atomic mass is 32.2. The average molecular weight is 488 g/mol. The van der Waals surface area contributed by atoms with Gasteiger partial charge < -0.3 is 15.0 Å². The van der Waals surface area contributed by atoms with E-state index in [0.29, 0.717) is 30.4 Å². The number of rotatable bonds is 13. The molecular weight excluding hydrogens is 450 g/mol. The van der Waals surface area contributed by atoms with E-state index in [4.69, 9.17) is 0 Å². The molecule has 182 valence electrons. The molecule has 2 atom stereocenters. The molecule has 1 saturated heterocycles. The minimum Gasteiger partial charge on any atom is -0.305 e. The van der Waals surface area contributed by atoms with Crippen molar-refractivity contribution in [3.63, 3.8) is 0 Å². The van der Waals surface area contributed by atoms with Gasteiger partial charge in [-0.2, -0.15) is 4.31 Å². The van der Waals surface area contributed by atoms with Gasteiger partial charge in [0.25, 0.3) is 0 Å². The summed E-state index contributed by atoms with van der Waals surface area (Å²) in [5.41, 5.74) is 1.10. The molecule has 1 N–H and O–H groups in total. The first-order valence-electron chi connectivity index (χ1n) is 11.3. The van der Waals surface area contributed by atoms with Crippen LogP contribution in [0.25, 0.3) is 0 Å². The predicted octanol–water partition coefficient (Wildman–Crippen LogP) is 1.32. The summed E-state index contributed by atoms with van der Waals surface area (Å²) in [4.78, 5) is 13.6. The summed E-state index contributed by atoms with van der Waals surface area (Å²) in [7, 11) is -6.51. The topological polar surface area (TPSA) is 104 Å². The van der Waals surface area contributed by atoms with Gasteiger partial charge in [0, 0.05) is 31.9 Å². The summed E-state index contributed by atoms with van der Waals surface area (Å²) >= 11 is 0. The number of aldehydes is 1. The number of nitrogens with zero attached hydrogens (tertiary/aromatic N) is 2. The Hall–Kier alpha value is -1.33. The lowest BCUT2D eigenvalue weighted by Gasteiger charge is -2.30. The Kier molecular flexibility index (Phi) is 10.3. The maximum Gasteiger partial charge on any atom is 0.214 e. The molecule has 1 aromatic carbocycles. The van der Waals surface area contributed by atoms with Gasteiger partial charge in [0.2, 0.25) is 10.0 Å². The number of likely N-dealkylation sites (N-methyl/N-ethyl adjacent to an activating group) is 1. The summed E-state index contributed by atoms with van der Waals surface area (Å²) < 4.78 is 49.7. The van der Waals surface area contributed by atoms with E-state index in [0.717, 1.165) is 44.2 Å². The van der Waals surface area contributed by atoms with Gasteiger partial charge in [0.1, 0.15) is 6.29 Å². The van der Waals surface area contributed by atoms with Crippen LogP contribution in [-0.4, -0.2) is 89.1 Å². The summed E-state index contributed by atoms with van der Waals surface area (Å²) in [6, 6.07) is 6.94. The lowest BCUT2D eigenvalue weighted by molar-refractivity contribution is -0.110. The maximum atomic E-state index is 12.5. The molecule has 1 aliphatic heterocycles. The minimum absolute atomic E-state index is 0.118. The van der Waals surface area contributed by atoms with Crippen molar-refractivity contribution in [3.05, 3.63) is 29.8 Å². The molecule has 2 rings (SSSR count). The molecule has 2 unspecified atom stereocenters. The Morgan fingerprint density at radius 3 is 2.44 bits per heavy atom. The second-order valence-electron chi connectivity index (χ2n) is 8.53. The summed E-state index contributed by atoms with van der Waals surface area (Å²) in [6.07, 6.45) is 5.15. The molecule has 0 saturated carbocycles. The zero-order valence-corrected chi connectivity index (χ0v) is 21.0. The van der Waals surface area contributed by atoms with Gasteiger partial charge >= 0.3 is 0 Å². The van der Waals surface area contributed by atoms with E-state index in [1.165, 1.54) is 10.6 Å². The number of benzene rings is 1. The Morgan fingerprint density at radius 2 is 1.84 bits per heavy atom. The fourth-order valence-corrected chi connectivity index (χ4v) is 6.25. The number of sulfonamides is 1. The first-order valence-corrected chi connectivity index (χ1v) is 14.8. The zero-order chi connectivity index (χ0) is 23.8. The SMILES string of the molecule is CCN(CCCCCS(=O)(=O)N1CCNC(C=O)C1)C(C)Cc1ccc(S(C)(=O)=O)cc1. The van der Waals surface area contributed by atoms with Crippen LogP contribution in [0.3, 0.4) is 0 Å². The number of unbranched alkanes of at least 4 members (excludes halogenated alkanes) is 2. The second-order valence-corrected chi connectivity index (χ2v) is 12.6. The number of piperazine rings is 1. The largest absolute Gasteiger partial charge is 0.305 e. The van der Waals surface area contributed by atoms with Gasteiger partial charge in [0.05, 0.1) is 16.7 Å². The number of hydrogen-bond acceptors (Lipinski definition) is 7. The molecule has 0 aromatic heterocycles. The van der Waals surface area contributed by atoms with Crippen molar-refractivity contribution < 1.29 is 21.6 Å². The lowest BCUT2D eigenvalue weighted by Crippen LogP contribution is -2.53. The molecule has 0 bridgehead atoms. The molecular formula is C22H37N3O5S2. The standard InChI is InChI=1S/C22H37N3O5S2/c1-4-24(19(2)16-20-8-10-22(11-9-20)31(3,27)28)13-6-5-7-15-32(29,30)25-14-12-23-21(17-25)18-26/h8-11,18-19,21,23H,4-7,12-17H2,1-3H3. The maximum absolute atomic E-state index is 12.5. The van der Waals surface area contributed by atoms with Gasteiger partial charge in [-0.1, -0.05) is 25.5 Å². The van der Waals surface area contributed by atoms with Crippen molar-refractivity contribution in [1.29, 1.82) is 0 Å². The van der Waals surface area contributed by atoms with Gasteiger partial charge in [-0.3, -0.25) is 0 Å². The summed E-state index contributed by atoms with van der Waals surface area (Å²) in [5.74, 6) is 0.118. The molecule has 1 fully saturated rings. The van der Waals surface area contributed by atoms with Gasteiger partial charge in [0.15, 0.2) is 9.84 Å². The average Bonchev–Trinajstić information content (AvgIpc) is 2.76. The summed E-state index contributed by atoms with van der Waals surface area (Å²) in [5, 5.41) is 3.00. The smallest absolute Gasteiger partial charge is 0.214 e. The van der Waals surface area contributed by atoms with E-state index < -0.39 is 25.9 Å². The van der Waals surface area contributed by atoms with Gasteiger partial charge in [-0.05, 0) is 57.0 Å². The molecule has 0 radical (unpaired) electrons. The van der Waals surface area contributed by atoms with E-state index in [9.17, 15) is 21.6 Å². The van der Waals surface area contributed by atoms with Crippen molar-refractivity contribution in [1.82, 2.24) is 14.5 Å². The fraction of sp³-hybridized carbons (Fsp3) is 0.682. The number of hydrogen-bond donors (Lipinski definition) is 1.